The van der Waals surface area contributed by atoms with Gasteiger partial charge in [-0.2, -0.15) is 0 Å². The molecule has 0 amide bonds. The van der Waals surface area contributed by atoms with Gasteiger partial charge in [-0.1, -0.05) is 53.5 Å². The fourth-order valence-electron chi connectivity index (χ4n) is 1.83. The molecule has 0 aliphatic heterocycles. The number of alkyl halides is 1. The van der Waals surface area contributed by atoms with Gasteiger partial charge >= 0.3 is 0 Å². The van der Waals surface area contributed by atoms with E-state index in [1.165, 1.54) is 0 Å². The maximum absolute atomic E-state index is 6.13. The molecule has 0 aliphatic carbocycles. The van der Waals surface area contributed by atoms with Crippen molar-refractivity contribution < 1.29 is 4.74 Å². The Labute approximate surface area is 128 Å². The molecule has 0 fully saturated rings. The van der Waals surface area contributed by atoms with E-state index in [4.69, 9.17) is 39.5 Å². The summed E-state index contributed by atoms with van der Waals surface area (Å²) in [5, 5.41) is 1.07. The summed E-state index contributed by atoms with van der Waals surface area (Å²) in [6, 6.07) is 11.4. The molecule has 4 heteroatoms. The van der Waals surface area contributed by atoms with E-state index in [1.807, 2.05) is 37.3 Å². The Morgan fingerprint density at radius 3 is 2.42 bits per heavy atom. The molecule has 19 heavy (non-hydrogen) atoms. The quantitative estimate of drug-likeness (QED) is 0.665. The van der Waals surface area contributed by atoms with Crippen molar-refractivity contribution in [2.75, 3.05) is 0 Å². The van der Waals surface area contributed by atoms with E-state index in [0.717, 1.165) is 22.4 Å². The number of hydrogen-bond donors (Lipinski definition) is 0. The van der Waals surface area contributed by atoms with E-state index >= 15 is 0 Å². The summed E-state index contributed by atoms with van der Waals surface area (Å²) in [6.07, 6.45) is 0. The highest BCUT2D eigenvalue weighted by Crippen LogP contribution is 2.29. The van der Waals surface area contributed by atoms with Crippen LogP contribution in [0.5, 0.6) is 5.75 Å². The lowest BCUT2D eigenvalue weighted by molar-refractivity contribution is 0.302. The molecule has 0 saturated carbocycles. The number of benzene rings is 2. The van der Waals surface area contributed by atoms with Gasteiger partial charge in [-0.05, 0) is 18.6 Å². The van der Waals surface area contributed by atoms with Crippen LogP contribution in [0.3, 0.4) is 0 Å². The smallest absolute Gasteiger partial charge is 0.127 e. The van der Waals surface area contributed by atoms with Crippen molar-refractivity contribution >= 4 is 34.8 Å². The molecule has 0 heterocycles. The zero-order valence-electron chi connectivity index (χ0n) is 10.4. The first-order valence-electron chi connectivity index (χ1n) is 5.83. The molecule has 100 valence electrons. The summed E-state index contributed by atoms with van der Waals surface area (Å²) < 4.78 is 5.85. The number of aryl methyl sites for hydroxylation is 1. The van der Waals surface area contributed by atoms with Crippen LogP contribution in [-0.4, -0.2) is 0 Å². The minimum Gasteiger partial charge on any atom is -0.488 e. The van der Waals surface area contributed by atoms with E-state index in [9.17, 15) is 0 Å². The van der Waals surface area contributed by atoms with E-state index in [1.54, 1.807) is 6.07 Å². The third-order valence-electron chi connectivity index (χ3n) is 2.84. The largest absolute Gasteiger partial charge is 0.488 e. The molecule has 0 atom stereocenters. The first-order valence-corrected chi connectivity index (χ1v) is 7.12. The first kappa shape index (κ1) is 14.5. The number of para-hydroxylation sites is 1. The van der Waals surface area contributed by atoms with E-state index in [-0.39, 0.29) is 0 Å². The van der Waals surface area contributed by atoms with Crippen molar-refractivity contribution in [2.45, 2.75) is 19.4 Å². The lowest BCUT2D eigenvalue weighted by atomic mass is 10.1. The van der Waals surface area contributed by atoms with E-state index in [0.29, 0.717) is 22.5 Å². The van der Waals surface area contributed by atoms with Gasteiger partial charge in [0.05, 0.1) is 15.9 Å². The number of ether oxygens (including phenoxy) is 1. The fourth-order valence-corrected chi connectivity index (χ4v) is 2.42. The minimum atomic E-state index is 0.369. The summed E-state index contributed by atoms with van der Waals surface area (Å²) >= 11 is 18.0. The summed E-state index contributed by atoms with van der Waals surface area (Å²) in [5.41, 5.74) is 2.88. The van der Waals surface area contributed by atoms with Crippen LogP contribution in [0.25, 0.3) is 0 Å². The molecular formula is C15H13Cl3O. The molecule has 2 aromatic carbocycles. The van der Waals surface area contributed by atoms with Gasteiger partial charge in [-0.25, -0.2) is 0 Å². The highest BCUT2D eigenvalue weighted by molar-refractivity contribution is 6.42. The van der Waals surface area contributed by atoms with Crippen LogP contribution in [0.1, 0.15) is 16.7 Å². The fraction of sp³-hybridized carbons (Fsp3) is 0.200. The van der Waals surface area contributed by atoms with Gasteiger partial charge in [0.2, 0.25) is 0 Å². The van der Waals surface area contributed by atoms with Crippen LogP contribution in [0, 0.1) is 6.92 Å². The summed E-state index contributed by atoms with van der Waals surface area (Å²) in [4.78, 5) is 0. The third-order valence-corrected chi connectivity index (χ3v) is 3.99. The molecular weight excluding hydrogens is 303 g/mol. The second kappa shape index (κ2) is 6.51. The van der Waals surface area contributed by atoms with Crippen molar-refractivity contribution in [2.24, 2.45) is 0 Å². The maximum Gasteiger partial charge on any atom is 0.127 e. The van der Waals surface area contributed by atoms with Crippen molar-refractivity contribution in [1.29, 1.82) is 0 Å². The topological polar surface area (TPSA) is 9.23 Å². The second-order valence-corrected chi connectivity index (χ2v) is 5.25. The molecule has 2 rings (SSSR count). The lowest BCUT2D eigenvalue weighted by Gasteiger charge is -2.13. The molecule has 2 aromatic rings. The van der Waals surface area contributed by atoms with Crippen LogP contribution < -0.4 is 4.74 Å². The molecule has 0 spiro atoms. The van der Waals surface area contributed by atoms with E-state index in [2.05, 4.69) is 0 Å². The molecule has 0 N–H and O–H groups in total. The predicted octanol–water partition coefficient (Wildman–Crippen LogP) is 5.62. The van der Waals surface area contributed by atoms with Gasteiger partial charge < -0.3 is 4.74 Å². The second-order valence-electron chi connectivity index (χ2n) is 4.20. The van der Waals surface area contributed by atoms with Crippen molar-refractivity contribution in [1.82, 2.24) is 0 Å². The molecule has 0 bridgehead atoms. The lowest BCUT2D eigenvalue weighted by Crippen LogP contribution is -2.00. The minimum absolute atomic E-state index is 0.369. The van der Waals surface area contributed by atoms with Crippen LogP contribution in [0.4, 0.5) is 0 Å². The third kappa shape index (κ3) is 3.36. The van der Waals surface area contributed by atoms with Crippen LogP contribution in [0.2, 0.25) is 10.0 Å². The van der Waals surface area contributed by atoms with Gasteiger partial charge in [-0.15, -0.1) is 11.6 Å². The molecule has 0 saturated heterocycles. The zero-order chi connectivity index (χ0) is 13.8. The van der Waals surface area contributed by atoms with Crippen LogP contribution >= 0.6 is 34.8 Å². The Bertz CT molecular complexity index is 582. The molecule has 0 aliphatic rings. The monoisotopic (exact) mass is 314 g/mol. The Hall–Kier alpha value is -0.890. The maximum atomic E-state index is 6.13. The standard InChI is InChI=1S/C15H13Cl3O/c1-10-4-2-5-11(8-16)15(10)19-9-12-6-3-7-13(17)14(12)18/h2-7H,8-9H2,1H3. The Kier molecular flexibility index (Phi) is 4.98. The van der Waals surface area contributed by atoms with Gasteiger partial charge in [-0.3, -0.25) is 0 Å². The van der Waals surface area contributed by atoms with Crippen LogP contribution in [-0.2, 0) is 12.5 Å². The Morgan fingerprint density at radius 2 is 1.68 bits per heavy atom. The highest BCUT2D eigenvalue weighted by Gasteiger charge is 2.09. The average Bonchev–Trinajstić information content (AvgIpc) is 2.41. The Morgan fingerprint density at radius 1 is 1.00 bits per heavy atom. The summed E-state index contributed by atoms with van der Waals surface area (Å²) in [6.45, 7) is 2.36. The molecule has 0 radical (unpaired) electrons. The van der Waals surface area contributed by atoms with Gasteiger partial charge in [0.25, 0.3) is 0 Å². The van der Waals surface area contributed by atoms with Crippen molar-refractivity contribution in [3.8, 4) is 5.75 Å². The van der Waals surface area contributed by atoms with Gasteiger partial charge in [0.1, 0.15) is 12.4 Å². The molecule has 0 unspecified atom stereocenters. The number of rotatable bonds is 4. The number of halogens is 3. The summed E-state index contributed by atoms with van der Waals surface area (Å²) in [5.74, 6) is 1.23. The molecule has 1 nitrogen and oxygen atoms in total. The first-order chi connectivity index (χ1) is 9.13. The summed E-state index contributed by atoms with van der Waals surface area (Å²) in [7, 11) is 0. The van der Waals surface area contributed by atoms with E-state index < -0.39 is 0 Å². The van der Waals surface area contributed by atoms with Crippen molar-refractivity contribution in [3.63, 3.8) is 0 Å². The predicted molar refractivity (Wildman–Crippen MR) is 81.5 cm³/mol. The molecule has 0 aromatic heterocycles. The SMILES string of the molecule is Cc1cccc(CCl)c1OCc1cccc(Cl)c1Cl. The Balaban J connectivity index is 2.21. The zero-order valence-corrected chi connectivity index (χ0v) is 12.7. The normalized spacial score (nSPS) is 10.5. The van der Waals surface area contributed by atoms with Crippen molar-refractivity contribution in [3.05, 3.63) is 63.1 Å². The average molecular weight is 316 g/mol. The van der Waals surface area contributed by atoms with Gasteiger partial charge in [0.15, 0.2) is 0 Å². The van der Waals surface area contributed by atoms with Crippen LogP contribution in [0.15, 0.2) is 36.4 Å². The highest BCUT2D eigenvalue weighted by atomic mass is 35.5. The van der Waals surface area contributed by atoms with Gasteiger partial charge in [0, 0.05) is 11.1 Å². The number of hydrogen-bond acceptors (Lipinski definition) is 1.